The maximum Gasteiger partial charge on any atom is 0.339 e. The summed E-state index contributed by atoms with van der Waals surface area (Å²) in [6.07, 6.45) is 2.72. The molecule has 0 saturated heterocycles. The maximum atomic E-state index is 11.2. The fourth-order valence-corrected chi connectivity index (χ4v) is 1.21. The first-order valence-corrected chi connectivity index (χ1v) is 4.14. The third-order valence-electron chi connectivity index (χ3n) is 1.92. The van der Waals surface area contributed by atoms with Gasteiger partial charge in [-0.25, -0.2) is 14.9 Å². The molecule has 0 aliphatic rings. The van der Waals surface area contributed by atoms with Crippen LogP contribution in [0, 0.1) is 0 Å². The predicted octanol–water partition coefficient (Wildman–Crippen LogP) is 0.105. The standard InChI is InChI=1S/C9H7N3O3/c1-15-9(14)6-2-5-4-11-12-8(13)7(5)10-3-6/h2-4H,1H3,(H,12,13). The summed E-state index contributed by atoms with van der Waals surface area (Å²) >= 11 is 0. The first-order valence-electron chi connectivity index (χ1n) is 4.14. The first-order chi connectivity index (χ1) is 7.22. The monoisotopic (exact) mass is 205 g/mol. The summed E-state index contributed by atoms with van der Waals surface area (Å²) in [6, 6.07) is 1.51. The molecule has 0 aliphatic heterocycles. The van der Waals surface area contributed by atoms with Crippen molar-refractivity contribution in [2.24, 2.45) is 0 Å². The van der Waals surface area contributed by atoms with E-state index in [1.807, 2.05) is 0 Å². The van der Waals surface area contributed by atoms with E-state index in [4.69, 9.17) is 0 Å². The number of ether oxygens (including phenoxy) is 1. The van der Waals surface area contributed by atoms with Crippen LogP contribution < -0.4 is 5.56 Å². The van der Waals surface area contributed by atoms with Crippen LogP contribution in [0.2, 0.25) is 0 Å². The molecule has 0 fully saturated rings. The molecule has 0 spiro atoms. The van der Waals surface area contributed by atoms with Crippen LogP contribution >= 0.6 is 0 Å². The fourth-order valence-electron chi connectivity index (χ4n) is 1.21. The summed E-state index contributed by atoms with van der Waals surface area (Å²) in [7, 11) is 1.28. The number of rotatable bonds is 1. The molecule has 15 heavy (non-hydrogen) atoms. The Labute approximate surface area is 83.9 Å². The highest BCUT2D eigenvalue weighted by Crippen LogP contribution is 2.08. The van der Waals surface area contributed by atoms with Crippen LogP contribution in [0.3, 0.4) is 0 Å². The minimum atomic E-state index is -0.496. The van der Waals surface area contributed by atoms with Crippen molar-refractivity contribution in [3.05, 3.63) is 34.4 Å². The van der Waals surface area contributed by atoms with Crippen molar-refractivity contribution in [2.75, 3.05) is 7.11 Å². The van der Waals surface area contributed by atoms with Crippen molar-refractivity contribution in [1.82, 2.24) is 15.2 Å². The van der Waals surface area contributed by atoms with Gasteiger partial charge in [0.1, 0.15) is 5.52 Å². The van der Waals surface area contributed by atoms with Crippen LogP contribution in [0.15, 0.2) is 23.3 Å². The van der Waals surface area contributed by atoms with Crippen molar-refractivity contribution >= 4 is 16.9 Å². The molecule has 6 nitrogen and oxygen atoms in total. The lowest BCUT2D eigenvalue weighted by molar-refractivity contribution is 0.0600. The van der Waals surface area contributed by atoms with Gasteiger partial charge in [0, 0.05) is 11.6 Å². The number of nitrogens with zero attached hydrogens (tertiary/aromatic N) is 2. The molecular formula is C9H7N3O3. The summed E-state index contributed by atoms with van der Waals surface area (Å²) in [5, 5.41) is 6.36. The Kier molecular flexibility index (Phi) is 2.17. The predicted molar refractivity (Wildman–Crippen MR) is 51.5 cm³/mol. The van der Waals surface area contributed by atoms with Crippen LogP contribution in [-0.2, 0) is 4.74 Å². The van der Waals surface area contributed by atoms with E-state index in [1.165, 1.54) is 25.6 Å². The summed E-state index contributed by atoms with van der Waals surface area (Å²) in [6.45, 7) is 0. The highest BCUT2D eigenvalue weighted by atomic mass is 16.5. The molecule has 0 aliphatic carbocycles. The quantitative estimate of drug-likeness (QED) is 0.667. The van der Waals surface area contributed by atoms with Crippen LogP contribution in [0.25, 0.3) is 10.9 Å². The molecule has 0 saturated carbocycles. The Morgan fingerprint density at radius 1 is 1.47 bits per heavy atom. The highest BCUT2D eigenvalue weighted by Gasteiger charge is 2.08. The molecule has 0 aromatic carbocycles. The maximum absolute atomic E-state index is 11.2. The Morgan fingerprint density at radius 3 is 3.00 bits per heavy atom. The smallest absolute Gasteiger partial charge is 0.339 e. The number of carbonyl (C=O) groups is 1. The van der Waals surface area contributed by atoms with Gasteiger partial charge in [0.05, 0.1) is 18.9 Å². The minimum absolute atomic E-state index is 0.248. The number of H-pyrrole nitrogens is 1. The van der Waals surface area contributed by atoms with Gasteiger partial charge in [0.15, 0.2) is 0 Å². The molecule has 0 unspecified atom stereocenters. The van der Waals surface area contributed by atoms with Crippen LogP contribution in [0.5, 0.6) is 0 Å². The largest absolute Gasteiger partial charge is 0.465 e. The Morgan fingerprint density at radius 2 is 2.27 bits per heavy atom. The van der Waals surface area contributed by atoms with Crippen molar-refractivity contribution in [2.45, 2.75) is 0 Å². The topological polar surface area (TPSA) is 84.9 Å². The Hall–Kier alpha value is -2.24. The van der Waals surface area contributed by atoms with E-state index in [1.54, 1.807) is 0 Å². The van der Waals surface area contributed by atoms with Crippen molar-refractivity contribution in [3.8, 4) is 0 Å². The van der Waals surface area contributed by atoms with Crippen molar-refractivity contribution in [1.29, 1.82) is 0 Å². The second-order valence-electron chi connectivity index (χ2n) is 2.85. The Balaban J connectivity index is 2.67. The zero-order valence-electron chi connectivity index (χ0n) is 7.85. The second kappa shape index (κ2) is 3.49. The minimum Gasteiger partial charge on any atom is -0.465 e. The number of fused-ring (bicyclic) bond motifs is 1. The van der Waals surface area contributed by atoms with Crippen molar-refractivity contribution < 1.29 is 9.53 Å². The lowest BCUT2D eigenvalue weighted by atomic mass is 10.2. The second-order valence-corrected chi connectivity index (χ2v) is 2.85. The number of hydrogen-bond acceptors (Lipinski definition) is 5. The van der Waals surface area contributed by atoms with E-state index in [-0.39, 0.29) is 16.6 Å². The number of methoxy groups -OCH3 is 1. The van der Waals surface area contributed by atoms with E-state index in [0.29, 0.717) is 5.39 Å². The third kappa shape index (κ3) is 1.56. The molecular weight excluding hydrogens is 198 g/mol. The van der Waals surface area contributed by atoms with Gasteiger partial charge in [-0.05, 0) is 6.07 Å². The molecule has 1 N–H and O–H groups in total. The number of hydrogen-bond donors (Lipinski definition) is 1. The number of pyridine rings is 1. The van der Waals surface area contributed by atoms with Gasteiger partial charge < -0.3 is 4.74 Å². The van der Waals surface area contributed by atoms with Crippen LogP contribution in [-0.4, -0.2) is 28.3 Å². The van der Waals surface area contributed by atoms with Crippen LogP contribution in [0.1, 0.15) is 10.4 Å². The van der Waals surface area contributed by atoms with Gasteiger partial charge in [-0.3, -0.25) is 4.79 Å². The van der Waals surface area contributed by atoms with Crippen LogP contribution in [0.4, 0.5) is 0 Å². The highest BCUT2D eigenvalue weighted by molar-refractivity contribution is 5.93. The number of aromatic amines is 1. The SMILES string of the molecule is COC(=O)c1cnc2c(=O)[nH]ncc2c1. The Bertz CT molecular complexity index is 576. The average Bonchev–Trinajstić information content (AvgIpc) is 2.28. The lowest BCUT2D eigenvalue weighted by Crippen LogP contribution is -2.10. The molecule has 0 bridgehead atoms. The average molecular weight is 205 g/mol. The number of carbonyl (C=O) groups excluding carboxylic acids is 1. The van der Waals surface area contributed by atoms with Gasteiger partial charge in [0.25, 0.3) is 5.56 Å². The molecule has 76 valence electrons. The normalized spacial score (nSPS) is 10.2. The van der Waals surface area contributed by atoms with Gasteiger partial charge >= 0.3 is 5.97 Å². The molecule has 0 atom stereocenters. The van der Waals surface area contributed by atoms with E-state index in [2.05, 4.69) is 19.9 Å². The summed E-state index contributed by atoms with van der Waals surface area (Å²) in [5.41, 5.74) is 0.152. The van der Waals surface area contributed by atoms with Crippen molar-refractivity contribution in [3.63, 3.8) is 0 Å². The fraction of sp³-hybridized carbons (Fsp3) is 0.111. The molecule has 0 amide bonds. The summed E-state index contributed by atoms with van der Waals surface area (Å²) < 4.78 is 4.53. The first kappa shape index (κ1) is 9.32. The van der Waals surface area contributed by atoms with Gasteiger partial charge in [0.2, 0.25) is 0 Å². The van der Waals surface area contributed by atoms with E-state index in [9.17, 15) is 9.59 Å². The molecule has 2 aromatic heterocycles. The molecule has 2 rings (SSSR count). The summed E-state index contributed by atoms with van der Waals surface area (Å²) in [4.78, 5) is 26.3. The number of nitrogens with one attached hydrogen (secondary N) is 1. The van der Waals surface area contributed by atoms with E-state index >= 15 is 0 Å². The summed E-state index contributed by atoms with van der Waals surface area (Å²) in [5.74, 6) is -0.496. The molecule has 0 radical (unpaired) electrons. The van der Waals surface area contributed by atoms with E-state index in [0.717, 1.165) is 0 Å². The number of esters is 1. The molecule has 2 aromatic rings. The van der Waals surface area contributed by atoms with Gasteiger partial charge in [-0.1, -0.05) is 0 Å². The van der Waals surface area contributed by atoms with Gasteiger partial charge in [-0.2, -0.15) is 5.10 Å². The molecule has 2 heterocycles. The zero-order chi connectivity index (χ0) is 10.8. The zero-order valence-corrected chi connectivity index (χ0v) is 7.85. The number of aromatic nitrogens is 3. The third-order valence-corrected chi connectivity index (χ3v) is 1.92. The van der Waals surface area contributed by atoms with Gasteiger partial charge in [-0.15, -0.1) is 0 Å². The lowest BCUT2D eigenvalue weighted by Gasteiger charge is -1.99. The molecule has 6 heteroatoms. The van der Waals surface area contributed by atoms with E-state index < -0.39 is 5.97 Å².